The van der Waals surface area contributed by atoms with Crippen molar-refractivity contribution in [2.24, 2.45) is 0 Å². The molecule has 0 aromatic heterocycles. The van der Waals surface area contributed by atoms with E-state index in [9.17, 15) is 9.59 Å². The van der Waals surface area contributed by atoms with Crippen LogP contribution in [0.25, 0.3) is 0 Å². The molecular weight excluding hydrogens is 378 g/mol. The van der Waals surface area contributed by atoms with Gasteiger partial charge in [0.05, 0.1) is 32.8 Å². The molecule has 1 fully saturated rings. The largest absolute Gasteiger partial charge is 0.493 e. The van der Waals surface area contributed by atoms with Gasteiger partial charge in [-0.25, -0.2) is 0 Å². The topological polar surface area (TPSA) is 63.1 Å². The summed E-state index contributed by atoms with van der Waals surface area (Å²) in [5.41, 5.74) is 0.997. The third kappa shape index (κ3) is 7.68. The molecule has 0 spiro atoms. The molecule has 156 valence electrons. The minimum absolute atomic E-state index is 0.109. The number of aryl methyl sites for hydroxylation is 1. The Labute approximate surface area is 173 Å². The van der Waals surface area contributed by atoms with Gasteiger partial charge in [-0.1, -0.05) is 24.9 Å². The lowest BCUT2D eigenvalue weighted by Crippen LogP contribution is -3.15. The smallest absolute Gasteiger partial charge is 0.275 e. The van der Waals surface area contributed by atoms with Crippen LogP contribution < -0.4 is 15.0 Å². The molecule has 1 aliphatic heterocycles. The second kappa shape index (κ2) is 11.9. The molecule has 0 bridgehead atoms. The molecule has 0 unspecified atom stereocenters. The molecule has 2 amide bonds. The minimum Gasteiger partial charge on any atom is -0.493 e. The highest BCUT2D eigenvalue weighted by molar-refractivity contribution is 6.30. The Morgan fingerprint density at radius 3 is 2.68 bits per heavy atom. The summed E-state index contributed by atoms with van der Waals surface area (Å²) < 4.78 is 5.75. The summed E-state index contributed by atoms with van der Waals surface area (Å²) in [4.78, 5) is 27.4. The zero-order valence-corrected chi connectivity index (χ0v) is 17.8. The predicted molar refractivity (Wildman–Crippen MR) is 111 cm³/mol. The van der Waals surface area contributed by atoms with Gasteiger partial charge in [0.15, 0.2) is 6.54 Å². The maximum Gasteiger partial charge on any atom is 0.275 e. The molecule has 6 nitrogen and oxygen atoms in total. The van der Waals surface area contributed by atoms with Crippen LogP contribution in [0.1, 0.15) is 38.2 Å². The van der Waals surface area contributed by atoms with Crippen LogP contribution in [0.4, 0.5) is 0 Å². The van der Waals surface area contributed by atoms with Gasteiger partial charge < -0.3 is 19.9 Å². The lowest BCUT2D eigenvalue weighted by molar-refractivity contribution is -0.896. The van der Waals surface area contributed by atoms with E-state index in [1.807, 2.05) is 24.0 Å². The molecule has 1 aromatic carbocycles. The van der Waals surface area contributed by atoms with E-state index in [2.05, 4.69) is 12.2 Å². The number of benzene rings is 1. The third-order valence-corrected chi connectivity index (χ3v) is 5.25. The van der Waals surface area contributed by atoms with Gasteiger partial charge in [-0.3, -0.25) is 9.59 Å². The number of ether oxygens (including phenoxy) is 1. The summed E-state index contributed by atoms with van der Waals surface area (Å²) in [6.45, 7) is 8.92. The van der Waals surface area contributed by atoms with Gasteiger partial charge in [0, 0.05) is 18.0 Å². The highest BCUT2D eigenvalue weighted by atomic mass is 35.5. The lowest BCUT2D eigenvalue weighted by atomic mass is 10.2. The fourth-order valence-corrected chi connectivity index (χ4v) is 3.51. The Hall–Kier alpha value is -1.79. The van der Waals surface area contributed by atoms with E-state index in [1.165, 1.54) is 4.90 Å². The van der Waals surface area contributed by atoms with Crippen molar-refractivity contribution >= 4 is 23.4 Å². The number of unbranched alkanes of at least 4 members (excludes halogenated alkanes) is 1. The molecule has 1 aliphatic rings. The van der Waals surface area contributed by atoms with Gasteiger partial charge >= 0.3 is 0 Å². The Balaban J connectivity index is 1.60. The fraction of sp³-hybridized carbons (Fsp3) is 0.619. The molecule has 2 N–H and O–H groups in total. The van der Waals surface area contributed by atoms with Crippen LogP contribution in [-0.4, -0.2) is 62.6 Å². The van der Waals surface area contributed by atoms with E-state index in [0.717, 1.165) is 43.8 Å². The third-order valence-electron chi connectivity index (χ3n) is 5.02. The molecular formula is C21H33ClN3O3+. The summed E-state index contributed by atoms with van der Waals surface area (Å²) in [6.07, 6.45) is 3.27. The van der Waals surface area contributed by atoms with E-state index >= 15 is 0 Å². The molecule has 7 heteroatoms. The molecule has 1 saturated heterocycles. The molecule has 0 aliphatic carbocycles. The molecule has 1 heterocycles. The summed E-state index contributed by atoms with van der Waals surface area (Å²) >= 11 is 5.94. The van der Waals surface area contributed by atoms with Crippen molar-refractivity contribution in [2.75, 3.05) is 45.9 Å². The Bertz CT molecular complexity index is 646. The number of amides is 2. The highest BCUT2D eigenvalue weighted by Gasteiger charge is 2.24. The van der Waals surface area contributed by atoms with Gasteiger partial charge in [-0.2, -0.15) is 0 Å². The van der Waals surface area contributed by atoms with Gasteiger partial charge in [0.1, 0.15) is 5.75 Å². The van der Waals surface area contributed by atoms with E-state index in [4.69, 9.17) is 16.3 Å². The van der Waals surface area contributed by atoms with Crippen molar-refractivity contribution in [3.63, 3.8) is 0 Å². The number of halogens is 1. The molecule has 0 radical (unpaired) electrons. The molecule has 28 heavy (non-hydrogen) atoms. The molecule has 0 saturated carbocycles. The Morgan fingerprint density at radius 1 is 1.25 bits per heavy atom. The van der Waals surface area contributed by atoms with Crippen molar-refractivity contribution in [3.8, 4) is 5.75 Å². The highest BCUT2D eigenvalue weighted by Crippen LogP contribution is 2.21. The van der Waals surface area contributed by atoms with Crippen molar-refractivity contribution in [1.82, 2.24) is 10.2 Å². The monoisotopic (exact) mass is 410 g/mol. The standard InChI is InChI=1S/C21H32ClN3O3/c1-3-4-9-23-20(26)16-24-10-12-25(13-11-24)21(27)6-5-14-28-19-8-7-18(22)15-17(19)2/h7-8,15H,3-6,9-14,16H2,1-2H3,(H,23,26)/p+1. The van der Waals surface area contributed by atoms with Crippen LogP contribution in [-0.2, 0) is 9.59 Å². The maximum absolute atomic E-state index is 12.4. The number of hydrogen-bond acceptors (Lipinski definition) is 3. The van der Waals surface area contributed by atoms with Gasteiger partial charge in [0.2, 0.25) is 5.91 Å². The Morgan fingerprint density at radius 2 is 2.00 bits per heavy atom. The second-order valence-corrected chi connectivity index (χ2v) is 7.81. The van der Waals surface area contributed by atoms with Crippen LogP contribution in [0.15, 0.2) is 18.2 Å². The first kappa shape index (κ1) is 22.5. The summed E-state index contributed by atoms with van der Waals surface area (Å²) in [7, 11) is 0. The van der Waals surface area contributed by atoms with Crippen LogP contribution in [0.2, 0.25) is 5.02 Å². The van der Waals surface area contributed by atoms with Crippen molar-refractivity contribution in [3.05, 3.63) is 28.8 Å². The second-order valence-electron chi connectivity index (χ2n) is 7.37. The van der Waals surface area contributed by atoms with Crippen LogP contribution >= 0.6 is 11.6 Å². The van der Waals surface area contributed by atoms with E-state index in [0.29, 0.717) is 44.1 Å². The quantitative estimate of drug-likeness (QED) is 0.574. The van der Waals surface area contributed by atoms with Gasteiger partial charge in [0.25, 0.3) is 5.91 Å². The number of hydrogen-bond donors (Lipinski definition) is 2. The van der Waals surface area contributed by atoms with Crippen molar-refractivity contribution in [1.29, 1.82) is 0 Å². The normalized spacial score (nSPS) is 14.8. The zero-order chi connectivity index (χ0) is 20.4. The van der Waals surface area contributed by atoms with E-state index < -0.39 is 0 Å². The number of rotatable bonds is 10. The molecule has 1 aromatic rings. The van der Waals surface area contributed by atoms with Gasteiger partial charge in [-0.15, -0.1) is 0 Å². The van der Waals surface area contributed by atoms with E-state index in [-0.39, 0.29) is 11.8 Å². The lowest BCUT2D eigenvalue weighted by Gasteiger charge is -2.32. The first-order valence-corrected chi connectivity index (χ1v) is 10.6. The number of nitrogens with one attached hydrogen (secondary N) is 2. The summed E-state index contributed by atoms with van der Waals surface area (Å²) in [6, 6.07) is 5.54. The molecule has 0 atom stereocenters. The SMILES string of the molecule is CCCCNC(=O)C[NH+]1CCN(C(=O)CCCOc2ccc(Cl)cc2C)CC1. The van der Waals surface area contributed by atoms with Crippen molar-refractivity contribution < 1.29 is 19.2 Å². The van der Waals surface area contributed by atoms with Crippen LogP contribution in [0.5, 0.6) is 5.75 Å². The molecule has 2 rings (SSSR count). The average molecular weight is 411 g/mol. The van der Waals surface area contributed by atoms with Gasteiger partial charge in [-0.05, 0) is 43.5 Å². The predicted octanol–water partition coefficient (Wildman–Crippen LogP) is 1.45. The van der Waals surface area contributed by atoms with Crippen molar-refractivity contribution in [2.45, 2.75) is 39.5 Å². The fourth-order valence-electron chi connectivity index (χ4n) is 3.28. The number of quaternary nitrogens is 1. The van der Waals surface area contributed by atoms with Crippen LogP contribution in [0, 0.1) is 6.92 Å². The average Bonchev–Trinajstić information content (AvgIpc) is 2.67. The minimum atomic E-state index is 0.109. The number of carbonyl (C=O) groups is 2. The van der Waals surface area contributed by atoms with E-state index in [1.54, 1.807) is 6.07 Å². The maximum atomic E-state index is 12.4. The number of piperazine rings is 1. The zero-order valence-electron chi connectivity index (χ0n) is 17.1. The number of nitrogens with zero attached hydrogens (tertiary/aromatic N) is 1. The summed E-state index contributed by atoms with van der Waals surface area (Å²) in [5, 5.41) is 3.65. The number of carbonyl (C=O) groups excluding carboxylic acids is 2. The first-order valence-electron chi connectivity index (χ1n) is 10.3. The Kier molecular flexibility index (Phi) is 9.58. The summed E-state index contributed by atoms with van der Waals surface area (Å²) in [5.74, 6) is 1.09. The first-order chi connectivity index (χ1) is 13.5. The van der Waals surface area contributed by atoms with Crippen LogP contribution in [0.3, 0.4) is 0 Å².